The Balaban J connectivity index is 0.00000484. The number of aliphatic imine (C=N–C) groups is 1. The summed E-state index contributed by atoms with van der Waals surface area (Å²) in [6.07, 6.45) is 2.26. The highest BCUT2D eigenvalue weighted by Crippen LogP contribution is 2.09. The molecule has 0 saturated carbocycles. The van der Waals surface area contributed by atoms with Crippen molar-refractivity contribution in [3.8, 4) is 0 Å². The van der Waals surface area contributed by atoms with Crippen LogP contribution in [0.25, 0.3) is 0 Å². The lowest BCUT2D eigenvalue weighted by molar-refractivity contribution is 0.259. The van der Waals surface area contributed by atoms with Crippen LogP contribution in [0.5, 0.6) is 0 Å². The molecule has 1 atom stereocenters. The number of nitrogens with zero attached hydrogens (tertiary/aromatic N) is 3. The third-order valence-corrected chi connectivity index (χ3v) is 4.96. The van der Waals surface area contributed by atoms with Crippen LogP contribution >= 0.6 is 35.3 Å². The standard InChI is InChI=1S/C17H32N4S.HI/c1-6-15(3)20(4)13-11-19-17(18-7-2)21(5)12-10-16-9-8-14-22-16;/h8-9,14-15H,6-7,10-13H2,1-5H3,(H,18,19);1H. The summed E-state index contributed by atoms with van der Waals surface area (Å²) in [5.41, 5.74) is 0. The van der Waals surface area contributed by atoms with Gasteiger partial charge in [0.05, 0.1) is 6.54 Å². The Kier molecular flexibility index (Phi) is 12.8. The highest BCUT2D eigenvalue weighted by Gasteiger charge is 2.08. The number of hydrogen-bond acceptors (Lipinski definition) is 3. The number of hydrogen-bond donors (Lipinski definition) is 1. The van der Waals surface area contributed by atoms with E-state index in [4.69, 9.17) is 4.99 Å². The van der Waals surface area contributed by atoms with E-state index >= 15 is 0 Å². The van der Waals surface area contributed by atoms with Crippen LogP contribution in [0, 0.1) is 0 Å². The summed E-state index contributed by atoms with van der Waals surface area (Å²) in [5, 5.41) is 5.53. The average molecular weight is 452 g/mol. The largest absolute Gasteiger partial charge is 0.357 e. The van der Waals surface area contributed by atoms with E-state index in [2.05, 4.69) is 67.5 Å². The normalized spacial score (nSPS) is 12.9. The molecule has 0 saturated heterocycles. The maximum atomic E-state index is 4.76. The molecule has 0 bridgehead atoms. The molecule has 6 heteroatoms. The molecule has 0 fully saturated rings. The predicted molar refractivity (Wildman–Crippen MR) is 114 cm³/mol. The summed E-state index contributed by atoms with van der Waals surface area (Å²) < 4.78 is 0. The number of rotatable bonds is 9. The zero-order valence-electron chi connectivity index (χ0n) is 15.2. The molecule has 0 spiro atoms. The Morgan fingerprint density at radius 3 is 2.61 bits per heavy atom. The van der Waals surface area contributed by atoms with Gasteiger partial charge in [-0.25, -0.2) is 0 Å². The molecule has 1 aromatic heterocycles. The summed E-state index contributed by atoms with van der Waals surface area (Å²) in [5.74, 6) is 1.01. The molecule has 1 rings (SSSR count). The first-order chi connectivity index (χ1) is 10.6. The molecule has 0 radical (unpaired) electrons. The van der Waals surface area contributed by atoms with Crippen LogP contribution in [0.1, 0.15) is 32.1 Å². The van der Waals surface area contributed by atoms with Crippen LogP contribution in [0.3, 0.4) is 0 Å². The Labute approximate surface area is 163 Å². The highest BCUT2D eigenvalue weighted by atomic mass is 127. The van der Waals surface area contributed by atoms with Gasteiger partial charge in [-0.15, -0.1) is 35.3 Å². The van der Waals surface area contributed by atoms with Crippen molar-refractivity contribution < 1.29 is 0 Å². The first-order valence-corrected chi connectivity index (χ1v) is 9.18. The van der Waals surface area contributed by atoms with Gasteiger partial charge in [0.15, 0.2) is 5.96 Å². The van der Waals surface area contributed by atoms with E-state index < -0.39 is 0 Å². The topological polar surface area (TPSA) is 30.9 Å². The second-order valence-corrected chi connectivity index (χ2v) is 6.76. The maximum absolute atomic E-state index is 4.76. The average Bonchev–Trinajstić information content (AvgIpc) is 3.04. The number of likely N-dealkylation sites (N-methyl/N-ethyl adjacent to an activating group) is 2. The van der Waals surface area contributed by atoms with Gasteiger partial charge < -0.3 is 15.1 Å². The molecular weight excluding hydrogens is 419 g/mol. The predicted octanol–water partition coefficient (Wildman–Crippen LogP) is 3.54. The minimum Gasteiger partial charge on any atom is -0.357 e. The van der Waals surface area contributed by atoms with Gasteiger partial charge >= 0.3 is 0 Å². The van der Waals surface area contributed by atoms with Gasteiger partial charge in [0.2, 0.25) is 0 Å². The number of nitrogens with one attached hydrogen (secondary N) is 1. The van der Waals surface area contributed by atoms with Gasteiger partial charge in [-0.2, -0.15) is 0 Å². The summed E-state index contributed by atoms with van der Waals surface area (Å²) in [6, 6.07) is 4.93. The quantitative estimate of drug-likeness (QED) is 0.353. The van der Waals surface area contributed by atoms with E-state index in [1.807, 2.05) is 11.3 Å². The molecule has 0 aliphatic rings. The lowest BCUT2D eigenvalue weighted by atomic mass is 10.2. The van der Waals surface area contributed by atoms with Crippen LogP contribution in [0.4, 0.5) is 0 Å². The SMILES string of the molecule is CCNC(=NCCN(C)C(C)CC)N(C)CCc1cccs1.I. The fourth-order valence-electron chi connectivity index (χ4n) is 2.15. The van der Waals surface area contributed by atoms with E-state index in [1.54, 1.807) is 0 Å². The first kappa shape index (κ1) is 22.7. The monoisotopic (exact) mass is 452 g/mol. The van der Waals surface area contributed by atoms with Crippen molar-refractivity contribution >= 4 is 41.3 Å². The number of guanidine groups is 1. The molecule has 4 nitrogen and oxygen atoms in total. The molecule has 1 heterocycles. The van der Waals surface area contributed by atoms with Gasteiger partial charge in [-0.1, -0.05) is 13.0 Å². The van der Waals surface area contributed by atoms with Crippen molar-refractivity contribution in [3.05, 3.63) is 22.4 Å². The summed E-state index contributed by atoms with van der Waals surface area (Å²) in [6.45, 7) is 10.4. The molecule has 1 N–H and O–H groups in total. The molecule has 134 valence electrons. The Morgan fingerprint density at radius 1 is 1.30 bits per heavy atom. The van der Waals surface area contributed by atoms with Gasteiger partial charge in [0, 0.05) is 37.6 Å². The van der Waals surface area contributed by atoms with Gasteiger partial charge in [0.1, 0.15) is 0 Å². The molecular formula is C17H33IN4S. The van der Waals surface area contributed by atoms with Crippen molar-refractivity contribution in [3.63, 3.8) is 0 Å². The Hall–Kier alpha value is -0.340. The van der Waals surface area contributed by atoms with Gasteiger partial charge in [0.25, 0.3) is 0 Å². The molecule has 1 aromatic rings. The van der Waals surface area contributed by atoms with E-state index in [9.17, 15) is 0 Å². The number of thiophene rings is 1. The first-order valence-electron chi connectivity index (χ1n) is 8.30. The highest BCUT2D eigenvalue weighted by molar-refractivity contribution is 14.0. The van der Waals surface area contributed by atoms with Crippen LogP contribution in [0.15, 0.2) is 22.5 Å². The Morgan fingerprint density at radius 2 is 2.04 bits per heavy atom. The number of halogens is 1. The lowest BCUT2D eigenvalue weighted by Gasteiger charge is -2.24. The van der Waals surface area contributed by atoms with Gasteiger partial charge in [-0.05, 0) is 45.2 Å². The molecule has 1 unspecified atom stereocenters. The fourth-order valence-corrected chi connectivity index (χ4v) is 2.85. The lowest BCUT2D eigenvalue weighted by Crippen LogP contribution is -2.40. The van der Waals surface area contributed by atoms with Crippen molar-refractivity contribution in [2.75, 3.05) is 40.3 Å². The van der Waals surface area contributed by atoms with Crippen LogP contribution in [-0.4, -0.2) is 62.1 Å². The zero-order chi connectivity index (χ0) is 16.4. The second-order valence-electron chi connectivity index (χ2n) is 5.72. The third kappa shape index (κ3) is 8.91. The van der Waals surface area contributed by atoms with E-state index in [0.29, 0.717) is 6.04 Å². The molecule has 0 aliphatic carbocycles. The molecule has 0 aliphatic heterocycles. The van der Waals surface area contributed by atoms with Gasteiger partial charge in [-0.3, -0.25) is 4.99 Å². The van der Waals surface area contributed by atoms with Crippen molar-refractivity contribution in [1.82, 2.24) is 15.1 Å². The third-order valence-electron chi connectivity index (χ3n) is 4.03. The summed E-state index contributed by atoms with van der Waals surface area (Å²) in [7, 11) is 4.30. The molecule has 23 heavy (non-hydrogen) atoms. The van der Waals surface area contributed by atoms with Crippen molar-refractivity contribution in [2.24, 2.45) is 4.99 Å². The smallest absolute Gasteiger partial charge is 0.193 e. The van der Waals surface area contributed by atoms with Crippen LogP contribution in [0.2, 0.25) is 0 Å². The zero-order valence-corrected chi connectivity index (χ0v) is 18.4. The van der Waals surface area contributed by atoms with Crippen LogP contribution < -0.4 is 5.32 Å². The van der Waals surface area contributed by atoms with Crippen molar-refractivity contribution in [1.29, 1.82) is 0 Å². The fraction of sp³-hybridized carbons (Fsp3) is 0.706. The Bertz CT molecular complexity index is 422. The van der Waals surface area contributed by atoms with E-state index in [-0.39, 0.29) is 24.0 Å². The van der Waals surface area contributed by atoms with Crippen molar-refractivity contribution in [2.45, 2.75) is 39.7 Å². The van der Waals surface area contributed by atoms with E-state index in [1.165, 1.54) is 11.3 Å². The molecule has 0 aromatic carbocycles. The summed E-state index contributed by atoms with van der Waals surface area (Å²) >= 11 is 1.82. The minimum absolute atomic E-state index is 0. The summed E-state index contributed by atoms with van der Waals surface area (Å²) in [4.78, 5) is 10.8. The maximum Gasteiger partial charge on any atom is 0.193 e. The second kappa shape index (κ2) is 13.0. The van der Waals surface area contributed by atoms with Crippen LogP contribution in [-0.2, 0) is 6.42 Å². The van der Waals surface area contributed by atoms with E-state index in [0.717, 1.165) is 38.6 Å². The minimum atomic E-state index is 0. The molecule has 0 amide bonds.